The second-order valence-electron chi connectivity index (χ2n) is 2.58. The Kier molecular flexibility index (Phi) is 3.49. The summed E-state index contributed by atoms with van der Waals surface area (Å²) in [6.45, 7) is 0. The van der Waals surface area contributed by atoms with Gasteiger partial charge in [0, 0.05) is 12.2 Å². The van der Waals surface area contributed by atoms with E-state index in [2.05, 4.69) is 6.08 Å². The molecule has 0 saturated carbocycles. The maximum Gasteiger partial charge on any atom is 0.303 e. The van der Waals surface area contributed by atoms with E-state index in [0.717, 1.165) is 24.3 Å². The van der Waals surface area contributed by atoms with Gasteiger partial charge < -0.3 is 5.11 Å². The third kappa shape index (κ3) is 3.46. The minimum Gasteiger partial charge on any atom is -0.481 e. The monoisotopic (exact) mass is 172 g/mol. The van der Waals surface area contributed by atoms with Gasteiger partial charge in [-0.05, 0) is 18.6 Å². The molecule has 0 radical (unpaired) electrons. The standard InChI is InChI=1S/C8H12O2S/c9-8(10)2-1-7-3-5-11-6-4-7/h3H,1-2,4-6H2,(H,9,10). The fourth-order valence-corrected chi connectivity index (χ4v) is 1.99. The molecule has 0 bridgehead atoms. The van der Waals surface area contributed by atoms with Crippen molar-refractivity contribution in [2.75, 3.05) is 11.5 Å². The van der Waals surface area contributed by atoms with Crippen LogP contribution in [0, 0.1) is 0 Å². The number of carboxylic acid groups (broad SMARTS) is 1. The number of aliphatic carboxylic acids is 1. The largest absolute Gasteiger partial charge is 0.481 e. The Balaban J connectivity index is 2.24. The Morgan fingerprint density at radius 2 is 2.55 bits per heavy atom. The molecule has 0 atom stereocenters. The van der Waals surface area contributed by atoms with E-state index in [0.29, 0.717) is 0 Å². The second kappa shape index (κ2) is 4.44. The van der Waals surface area contributed by atoms with Crippen LogP contribution in [-0.4, -0.2) is 22.6 Å². The smallest absolute Gasteiger partial charge is 0.303 e. The fourth-order valence-electron chi connectivity index (χ4n) is 1.06. The minimum atomic E-state index is -0.691. The summed E-state index contributed by atoms with van der Waals surface area (Å²) >= 11 is 1.91. The van der Waals surface area contributed by atoms with Crippen LogP contribution in [0.25, 0.3) is 0 Å². The summed E-state index contributed by atoms with van der Waals surface area (Å²) in [5.74, 6) is 1.53. The van der Waals surface area contributed by atoms with E-state index in [9.17, 15) is 4.79 Å². The van der Waals surface area contributed by atoms with E-state index in [1.165, 1.54) is 5.57 Å². The average molecular weight is 172 g/mol. The van der Waals surface area contributed by atoms with E-state index in [-0.39, 0.29) is 6.42 Å². The van der Waals surface area contributed by atoms with E-state index >= 15 is 0 Å². The van der Waals surface area contributed by atoms with Crippen molar-refractivity contribution in [3.63, 3.8) is 0 Å². The Labute approximate surface area is 70.7 Å². The first-order chi connectivity index (χ1) is 5.29. The SMILES string of the molecule is O=C(O)CCC1=CCSCC1. The topological polar surface area (TPSA) is 37.3 Å². The van der Waals surface area contributed by atoms with Crippen LogP contribution in [0.15, 0.2) is 11.6 Å². The molecule has 1 rings (SSSR count). The molecule has 0 aromatic rings. The number of hydrogen-bond acceptors (Lipinski definition) is 2. The predicted octanol–water partition coefficient (Wildman–Crippen LogP) is 1.91. The van der Waals surface area contributed by atoms with Crippen molar-refractivity contribution in [3.05, 3.63) is 11.6 Å². The molecule has 3 heteroatoms. The van der Waals surface area contributed by atoms with Gasteiger partial charge in [0.15, 0.2) is 0 Å². The quantitative estimate of drug-likeness (QED) is 0.661. The molecule has 1 aliphatic rings. The molecular weight excluding hydrogens is 160 g/mol. The van der Waals surface area contributed by atoms with Crippen LogP contribution >= 0.6 is 11.8 Å². The van der Waals surface area contributed by atoms with Crippen LogP contribution in [0.4, 0.5) is 0 Å². The molecule has 0 fully saturated rings. The van der Waals surface area contributed by atoms with Gasteiger partial charge in [0.05, 0.1) is 0 Å². The maximum absolute atomic E-state index is 10.2. The first kappa shape index (κ1) is 8.65. The van der Waals surface area contributed by atoms with Crippen LogP contribution in [0.3, 0.4) is 0 Å². The predicted molar refractivity (Wildman–Crippen MR) is 46.9 cm³/mol. The Bertz CT molecular complexity index is 175. The fraction of sp³-hybridized carbons (Fsp3) is 0.625. The highest BCUT2D eigenvalue weighted by Crippen LogP contribution is 2.20. The summed E-state index contributed by atoms with van der Waals surface area (Å²) in [6.07, 6.45) is 4.28. The minimum absolute atomic E-state index is 0.288. The molecule has 11 heavy (non-hydrogen) atoms. The Morgan fingerprint density at radius 3 is 3.09 bits per heavy atom. The van der Waals surface area contributed by atoms with Crippen molar-refractivity contribution in [1.29, 1.82) is 0 Å². The van der Waals surface area contributed by atoms with E-state index in [1.807, 2.05) is 11.8 Å². The first-order valence-electron chi connectivity index (χ1n) is 3.76. The maximum atomic E-state index is 10.2. The highest BCUT2D eigenvalue weighted by molar-refractivity contribution is 7.99. The van der Waals surface area contributed by atoms with Crippen molar-refractivity contribution in [2.24, 2.45) is 0 Å². The lowest BCUT2D eigenvalue weighted by atomic mass is 10.1. The summed E-state index contributed by atoms with van der Waals surface area (Å²) in [6, 6.07) is 0. The third-order valence-corrected chi connectivity index (χ3v) is 2.61. The lowest BCUT2D eigenvalue weighted by molar-refractivity contribution is -0.136. The van der Waals surface area contributed by atoms with E-state index < -0.39 is 5.97 Å². The summed E-state index contributed by atoms with van der Waals surface area (Å²) in [7, 11) is 0. The van der Waals surface area contributed by atoms with Gasteiger partial charge in [0.25, 0.3) is 0 Å². The molecule has 0 spiro atoms. The molecule has 0 saturated heterocycles. The van der Waals surface area contributed by atoms with Gasteiger partial charge in [-0.15, -0.1) is 0 Å². The van der Waals surface area contributed by atoms with Gasteiger partial charge in [-0.2, -0.15) is 11.8 Å². The number of carbonyl (C=O) groups is 1. The molecule has 0 aromatic carbocycles. The number of thioether (sulfide) groups is 1. The summed E-state index contributed by atoms with van der Waals surface area (Å²) in [5, 5.41) is 8.41. The van der Waals surface area contributed by atoms with Crippen molar-refractivity contribution in [2.45, 2.75) is 19.3 Å². The molecule has 0 aromatic heterocycles. The molecule has 2 nitrogen and oxygen atoms in total. The zero-order valence-corrected chi connectivity index (χ0v) is 7.19. The molecular formula is C8H12O2S. The zero-order valence-electron chi connectivity index (χ0n) is 6.38. The van der Waals surface area contributed by atoms with Gasteiger partial charge in [-0.1, -0.05) is 11.6 Å². The molecule has 1 heterocycles. The molecule has 1 aliphatic heterocycles. The third-order valence-electron chi connectivity index (χ3n) is 1.72. The lowest BCUT2D eigenvalue weighted by Crippen LogP contribution is -2.00. The van der Waals surface area contributed by atoms with Crippen molar-refractivity contribution in [3.8, 4) is 0 Å². The van der Waals surface area contributed by atoms with Gasteiger partial charge >= 0.3 is 5.97 Å². The summed E-state index contributed by atoms with van der Waals surface area (Å²) in [4.78, 5) is 10.2. The molecule has 1 N–H and O–H groups in total. The second-order valence-corrected chi connectivity index (χ2v) is 3.73. The van der Waals surface area contributed by atoms with Crippen molar-refractivity contribution in [1.82, 2.24) is 0 Å². The van der Waals surface area contributed by atoms with Crippen LogP contribution in [0.1, 0.15) is 19.3 Å². The van der Waals surface area contributed by atoms with Crippen molar-refractivity contribution >= 4 is 17.7 Å². The highest BCUT2D eigenvalue weighted by Gasteiger charge is 2.05. The van der Waals surface area contributed by atoms with Crippen LogP contribution < -0.4 is 0 Å². The van der Waals surface area contributed by atoms with Crippen LogP contribution in [-0.2, 0) is 4.79 Å². The Hall–Kier alpha value is -0.440. The molecule has 0 amide bonds. The summed E-state index contributed by atoms with van der Waals surface area (Å²) < 4.78 is 0. The lowest BCUT2D eigenvalue weighted by Gasteiger charge is -2.10. The number of allylic oxidation sites excluding steroid dienone is 1. The normalized spacial score (nSPS) is 17.6. The molecule has 62 valence electrons. The van der Waals surface area contributed by atoms with E-state index in [1.54, 1.807) is 0 Å². The van der Waals surface area contributed by atoms with E-state index in [4.69, 9.17) is 5.11 Å². The Morgan fingerprint density at radius 1 is 1.73 bits per heavy atom. The van der Waals surface area contributed by atoms with Gasteiger partial charge in [-0.3, -0.25) is 4.79 Å². The van der Waals surface area contributed by atoms with Crippen molar-refractivity contribution < 1.29 is 9.90 Å². The van der Waals surface area contributed by atoms with Gasteiger partial charge in [-0.25, -0.2) is 0 Å². The highest BCUT2D eigenvalue weighted by atomic mass is 32.2. The number of hydrogen-bond donors (Lipinski definition) is 1. The van der Waals surface area contributed by atoms with Crippen LogP contribution in [0.2, 0.25) is 0 Å². The van der Waals surface area contributed by atoms with Gasteiger partial charge in [0.1, 0.15) is 0 Å². The first-order valence-corrected chi connectivity index (χ1v) is 4.92. The molecule has 0 aliphatic carbocycles. The van der Waals surface area contributed by atoms with Crippen LogP contribution in [0.5, 0.6) is 0 Å². The molecule has 0 unspecified atom stereocenters. The number of rotatable bonds is 3. The number of carboxylic acids is 1. The zero-order chi connectivity index (χ0) is 8.10. The van der Waals surface area contributed by atoms with Gasteiger partial charge in [0.2, 0.25) is 0 Å². The summed E-state index contributed by atoms with van der Waals surface area (Å²) in [5.41, 5.74) is 1.33. The average Bonchev–Trinajstić information content (AvgIpc) is 2.03.